The van der Waals surface area contributed by atoms with E-state index in [0.717, 1.165) is 0 Å². The van der Waals surface area contributed by atoms with Crippen LogP contribution in [0.2, 0.25) is 0 Å². The van der Waals surface area contributed by atoms with Crippen LogP contribution < -0.4 is 5.32 Å². The van der Waals surface area contributed by atoms with Gasteiger partial charge in [-0.15, -0.1) is 0 Å². The standard InChI is InChI=1S/C17H16INO/c1-17(13-7-9-14(18)10-8-13)11-15(20)19-16(17)12-5-3-2-4-6-12/h2-10,16H,11H2,1H3,(H,19,20). The van der Waals surface area contributed by atoms with Gasteiger partial charge in [0.1, 0.15) is 0 Å². The van der Waals surface area contributed by atoms with Crippen molar-refractivity contribution in [2.24, 2.45) is 0 Å². The Hall–Kier alpha value is -1.36. The molecule has 2 atom stereocenters. The molecular formula is C17H16INO. The van der Waals surface area contributed by atoms with Gasteiger partial charge in [-0.25, -0.2) is 0 Å². The van der Waals surface area contributed by atoms with Crippen LogP contribution in [0.5, 0.6) is 0 Å². The summed E-state index contributed by atoms with van der Waals surface area (Å²) in [6.45, 7) is 2.17. The number of amides is 1. The first-order valence-corrected chi connectivity index (χ1v) is 7.78. The van der Waals surface area contributed by atoms with Crippen LogP contribution in [0, 0.1) is 3.57 Å². The molecule has 0 radical (unpaired) electrons. The molecule has 20 heavy (non-hydrogen) atoms. The van der Waals surface area contributed by atoms with Crippen molar-refractivity contribution in [3.8, 4) is 0 Å². The maximum absolute atomic E-state index is 12.0. The molecule has 2 aromatic carbocycles. The van der Waals surface area contributed by atoms with E-state index < -0.39 is 0 Å². The van der Waals surface area contributed by atoms with Gasteiger partial charge in [-0.1, -0.05) is 49.4 Å². The molecule has 2 nitrogen and oxygen atoms in total. The Morgan fingerprint density at radius 2 is 1.75 bits per heavy atom. The summed E-state index contributed by atoms with van der Waals surface area (Å²) in [6.07, 6.45) is 0.535. The van der Waals surface area contributed by atoms with Crippen LogP contribution in [-0.4, -0.2) is 5.91 Å². The zero-order chi connectivity index (χ0) is 14.2. The van der Waals surface area contributed by atoms with Crippen molar-refractivity contribution in [1.29, 1.82) is 0 Å². The van der Waals surface area contributed by atoms with E-state index in [1.54, 1.807) is 0 Å². The summed E-state index contributed by atoms with van der Waals surface area (Å²) in [7, 11) is 0. The zero-order valence-electron chi connectivity index (χ0n) is 11.3. The van der Waals surface area contributed by atoms with Crippen LogP contribution in [0.1, 0.15) is 30.5 Å². The molecule has 1 aliphatic rings. The molecule has 0 spiro atoms. The van der Waals surface area contributed by atoms with Crippen molar-refractivity contribution in [2.45, 2.75) is 24.8 Å². The lowest BCUT2D eigenvalue weighted by Crippen LogP contribution is -2.30. The first-order chi connectivity index (χ1) is 9.59. The van der Waals surface area contributed by atoms with E-state index >= 15 is 0 Å². The van der Waals surface area contributed by atoms with Crippen LogP contribution in [0.3, 0.4) is 0 Å². The van der Waals surface area contributed by atoms with Crippen molar-refractivity contribution in [3.63, 3.8) is 0 Å². The number of carbonyl (C=O) groups is 1. The first kappa shape index (κ1) is 13.6. The lowest BCUT2D eigenvalue weighted by Gasteiger charge is -2.31. The predicted molar refractivity (Wildman–Crippen MR) is 88.5 cm³/mol. The molecule has 0 saturated carbocycles. The fourth-order valence-electron chi connectivity index (χ4n) is 3.00. The third kappa shape index (κ3) is 2.35. The van der Waals surface area contributed by atoms with E-state index in [2.05, 4.69) is 71.2 Å². The normalized spacial score (nSPS) is 25.5. The molecule has 2 unspecified atom stereocenters. The number of carbonyl (C=O) groups excluding carboxylic acids is 1. The zero-order valence-corrected chi connectivity index (χ0v) is 13.4. The minimum Gasteiger partial charge on any atom is -0.348 e. The van der Waals surface area contributed by atoms with Gasteiger partial charge in [0.2, 0.25) is 5.91 Å². The SMILES string of the molecule is CC1(c2ccc(I)cc2)CC(=O)NC1c1ccccc1. The second kappa shape index (κ2) is 5.20. The highest BCUT2D eigenvalue weighted by Gasteiger charge is 2.45. The summed E-state index contributed by atoms with van der Waals surface area (Å²) >= 11 is 2.30. The minimum absolute atomic E-state index is 0.0382. The average molecular weight is 377 g/mol. The molecule has 1 amide bonds. The number of rotatable bonds is 2. The van der Waals surface area contributed by atoms with E-state index in [4.69, 9.17) is 0 Å². The van der Waals surface area contributed by atoms with E-state index in [1.807, 2.05) is 18.2 Å². The average Bonchev–Trinajstić information content (AvgIpc) is 2.77. The van der Waals surface area contributed by atoms with Crippen LogP contribution in [0.4, 0.5) is 0 Å². The number of nitrogens with one attached hydrogen (secondary N) is 1. The fraction of sp³-hybridized carbons (Fsp3) is 0.235. The van der Waals surface area contributed by atoms with E-state index in [-0.39, 0.29) is 17.4 Å². The Balaban J connectivity index is 2.05. The van der Waals surface area contributed by atoms with Crippen LogP contribution >= 0.6 is 22.6 Å². The van der Waals surface area contributed by atoms with Gasteiger partial charge in [-0.3, -0.25) is 4.79 Å². The van der Waals surface area contributed by atoms with Gasteiger partial charge in [0.25, 0.3) is 0 Å². The molecule has 3 rings (SSSR count). The minimum atomic E-state index is -0.192. The summed E-state index contributed by atoms with van der Waals surface area (Å²) in [4.78, 5) is 12.0. The number of hydrogen-bond donors (Lipinski definition) is 1. The lowest BCUT2D eigenvalue weighted by molar-refractivity contribution is -0.119. The quantitative estimate of drug-likeness (QED) is 0.793. The number of halogens is 1. The topological polar surface area (TPSA) is 29.1 Å². The second-order valence-electron chi connectivity index (χ2n) is 5.51. The molecule has 1 aliphatic heterocycles. The van der Waals surface area contributed by atoms with Gasteiger partial charge >= 0.3 is 0 Å². The van der Waals surface area contributed by atoms with Crippen LogP contribution in [0.25, 0.3) is 0 Å². The Bertz CT molecular complexity index is 623. The summed E-state index contributed by atoms with van der Waals surface area (Å²) in [6, 6.07) is 18.7. The van der Waals surface area contributed by atoms with Gasteiger partial charge in [-0.05, 0) is 45.9 Å². The summed E-state index contributed by atoms with van der Waals surface area (Å²) in [5.74, 6) is 0.125. The maximum atomic E-state index is 12.0. The second-order valence-corrected chi connectivity index (χ2v) is 6.76. The number of benzene rings is 2. The Morgan fingerprint density at radius 3 is 2.40 bits per heavy atom. The highest BCUT2D eigenvalue weighted by atomic mass is 127. The highest BCUT2D eigenvalue weighted by molar-refractivity contribution is 14.1. The third-order valence-corrected chi connectivity index (χ3v) is 4.83. The summed E-state index contributed by atoms with van der Waals surface area (Å²) < 4.78 is 1.21. The molecule has 0 aromatic heterocycles. The Kier molecular flexibility index (Phi) is 3.54. The van der Waals surface area contributed by atoms with Crippen molar-refractivity contribution in [3.05, 3.63) is 69.3 Å². The van der Waals surface area contributed by atoms with E-state index in [0.29, 0.717) is 6.42 Å². The molecule has 0 aliphatic carbocycles. The van der Waals surface area contributed by atoms with Crippen LogP contribution in [0.15, 0.2) is 54.6 Å². The molecule has 1 fully saturated rings. The van der Waals surface area contributed by atoms with Crippen molar-refractivity contribution in [1.82, 2.24) is 5.32 Å². The first-order valence-electron chi connectivity index (χ1n) is 6.70. The van der Waals surface area contributed by atoms with Crippen LogP contribution in [-0.2, 0) is 10.2 Å². The van der Waals surface area contributed by atoms with E-state index in [1.165, 1.54) is 14.7 Å². The Labute approximate surface area is 132 Å². The van der Waals surface area contributed by atoms with Gasteiger partial charge in [-0.2, -0.15) is 0 Å². The molecule has 0 bridgehead atoms. The van der Waals surface area contributed by atoms with Crippen molar-refractivity contribution in [2.75, 3.05) is 0 Å². The van der Waals surface area contributed by atoms with Gasteiger partial charge in [0.15, 0.2) is 0 Å². The molecular weight excluding hydrogens is 361 g/mol. The fourth-order valence-corrected chi connectivity index (χ4v) is 3.36. The predicted octanol–water partition coefficient (Wildman–Crippen LogP) is 3.81. The molecule has 1 N–H and O–H groups in total. The number of hydrogen-bond acceptors (Lipinski definition) is 1. The highest BCUT2D eigenvalue weighted by Crippen LogP contribution is 2.44. The smallest absolute Gasteiger partial charge is 0.221 e. The molecule has 2 aromatic rings. The molecule has 102 valence electrons. The maximum Gasteiger partial charge on any atom is 0.221 e. The van der Waals surface area contributed by atoms with Gasteiger partial charge < -0.3 is 5.32 Å². The lowest BCUT2D eigenvalue weighted by atomic mass is 9.74. The van der Waals surface area contributed by atoms with Crippen molar-refractivity contribution < 1.29 is 4.79 Å². The molecule has 1 heterocycles. The molecule has 3 heteroatoms. The largest absolute Gasteiger partial charge is 0.348 e. The third-order valence-electron chi connectivity index (χ3n) is 4.11. The Morgan fingerprint density at radius 1 is 1.10 bits per heavy atom. The summed E-state index contributed by atoms with van der Waals surface area (Å²) in [5, 5.41) is 3.13. The van der Waals surface area contributed by atoms with Gasteiger partial charge in [0, 0.05) is 15.4 Å². The summed E-state index contributed by atoms with van der Waals surface area (Å²) in [5.41, 5.74) is 2.19. The monoisotopic (exact) mass is 377 g/mol. The van der Waals surface area contributed by atoms with Crippen molar-refractivity contribution >= 4 is 28.5 Å². The molecule has 1 saturated heterocycles. The van der Waals surface area contributed by atoms with Gasteiger partial charge in [0.05, 0.1) is 6.04 Å². The van der Waals surface area contributed by atoms with E-state index in [9.17, 15) is 4.79 Å².